The van der Waals surface area contributed by atoms with Gasteiger partial charge in [0.15, 0.2) is 0 Å². The van der Waals surface area contributed by atoms with Crippen molar-refractivity contribution in [1.29, 1.82) is 0 Å². The molecule has 132 valence electrons. The molecule has 5 rings (SSSR count). The highest BCUT2D eigenvalue weighted by atomic mass is 16.5. The number of aryl methyl sites for hydroxylation is 1. The van der Waals surface area contributed by atoms with Gasteiger partial charge in [0.05, 0.1) is 19.1 Å². The first-order chi connectivity index (χ1) is 12.2. The predicted octanol–water partition coefficient (Wildman–Crippen LogP) is 3.68. The molecule has 3 aliphatic heterocycles. The van der Waals surface area contributed by atoms with Crippen molar-refractivity contribution in [3.05, 3.63) is 35.5 Å². The van der Waals surface area contributed by atoms with Gasteiger partial charge in [0, 0.05) is 35.1 Å². The number of carbonyl (C=O) groups excluding carboxylic acids is 1. The third-order valence-electron chi connectivity index (χ3n) is 6.73. The van der Waals surface area contributed by atoms with E-state index in [-0.39, 0.29) is 11.4 Å². The number of rotatable bonds is 3. The SMILES string of the molecule is CCOC(=O)C[C@@]12CCCN3CCc4c(n(c5ccccc45)CC1)[C@@H]32. The fourth-order valence-electron chi connectivity index (χ4n) is 5.83. The zero-order valence-electron chi connectivity index (χ0n) is 15.0. The maximum Gasteiger partial charge on any atom is 0.306 e. The second-order valence-electron chi connectivity index (χ2n) is 7.92. The van der Waals surface area contributed by atoms with Gasteiger partial charge in [-0.1, -0.05) is 18.2 Å². The number of piperidine rings is 1. The fraction of sp³-hybridized carbons (Fsp3) is 0.571. The number of ether oxygens (including phenoxy) is 1. The zero-order chi connectivity index (χ0) is 17.0. The van der Waals surface area contributed by atoms with Crippen LogP contribution in [0.1, 0.15) is 49.9 Å². The quantitative estimate of drug-likeness (QED) is 0.801. The number of nitrogens with zero attached hydrogens (tertiary/aromatic N) is 2. The van der Waals surface area contributed by atoms with E-state index < -0.39 is 0 Å². The molecule has 0 spiro atoms. The lowest BCUT2D eigenvalue weighted by Crippen LogP contribution is -2.53. The lowest BCUT2D eigenvalue weighted by atomic mass is 9.64. The van der Waals surface area contributed by atoms with Gasteiger partial charge in [0.1, 0.15) is 0 Å². The Bertz CT molecular complexity index is 807. The van der Waals surface area contributed by atoms with Crippen molar-refractivity contribution in [3.8, 4) is 0 Å². The lowest BCUT2D eigenvalue weighted by Gasteiger charge is -2.54. The molecule has 1 aromatic carbocycles. The van der Waals surface area contributed by atoms with Gasteiger partial charge in [-0.3, -0.25) is 9.69 Å². The van der Waals surface area contributed by atoms with Gasteiger partial charge in [-0.2, -0.15) is 0 Å². The van der Waals surface area contributed by atoms with Crippen LogP contribution < -0.4 is 0 Å². The molecule has 0 aliphatic carbocycles. The second-order valence-corrected chi connectivity index (χ2v) is 7.92. The third-order valence-corrected chi connectivity index (χ3v) is 6.73. The van der Waals surface area contributed by atoms with Gasteiger partial charge in [0.2, 0.25) is 0 Å². The average Bonchev–Trinajstić information content (AvgIpc) is 2.95. The molecule has 0 saturated carbocycles. The number of para-hydroxylation sites is 1. The Morgan fingerprint density at radius 2 is 2.12 bits per heavy atom. The minimum Gasteiger partial charge on any atom is -0.466 e. The molecule has 3 aliphatic rings. The van der Waals surface area contributed by atoms with E-state index in [0.717, 1.165) is 38.9 Å². The normalized spacial score (nSPS) is 28.0. The summed E-state index contributed by atoms with van der Waals surface area (Å²) in [6.45, 7) is 5.70. The average molecular weight is 338 g/mol. The molecule has 4 heteroatoms. The lowest BCUT2D eigenvalue weighted by molar-refractivity contribution is -0.150. The predicted molar refractivity (Wildman–Crippen MR) is 97.5 cm³/mol. The van der Waals surface area contributed by atoms with Crippen LogP contribution in [-0.4, -0.2) is 35.1 Å². The van der Waals surface area contributed by atoms with E-state index in [4.69, 9.17) is 4.74 Å². The van der Waals surface area contributed by atoms with Crippen molar-refractivity contribution >= 4 is 16.9 Å². The van der Waals surface area contributed by atoms with Crippen LogP contribution in [0.3, 0.4) is 0 Å². The number of fused-ring (bicyclic) bond motifs is 3. The van der Waals surface area contributed by atoms with Crippen LogP contribution in [0.4, 0.5) is 0 Å². The summed E-state index contributed by atoms with van der Waals surface area (Å²) >= 11 is 0. The summed E-state index contributed by atoms with van der Waals surface area (Å²) in [5.74, 6) is -0.0129. The highest BCUT2D eigenvalue weighted by molar-refractivity contribution is 5.86. The van der Waals surface area contributed by atoms with E-state index in [1.165, 1.54) is 28.6 Å². The minimum absolute atomic E-state index is 0.0129. The molecule has 0 N–H and O–H groups in total. The Hall–Kier alpha value is -1.81. The third kappa shape index (κ3) is 2.13. The number of aromatic nitrogens is 1. The molecule has 0 unspecified atom stereocenters. The Labute approximate surface area is 148 Å². The van der Waals surface area contributed by atoms with Crippen LogP contribution in [0.15, 0.2) is 24.3 Å². The Morgan fingerprint density at radius 3 is 3.00 bits per heavy atom. The van der Waals surface area contributed by atoms with Crippen molar-refractivity contribution in [2.24, 2.45) is 5.41 Å². The van der Waals surface area contributed by atoms with E-state index in [1.807, 2.05) is 6.92 Å². The molecule has 2 aromatic rings. The molecule has 25 heavy (non-hydrogen) atoms. The Morgan fingerprint density at radius 1 is 1.24 bits per heavy atom. The molecule has 0 amide bonds. The maximum absolute atomic E-state index is 12.4. The summed E-state index contributed by atoms with van der Waals surface area (Å²) in [5, 5.41) is 1.43. The molecule has 1 fully saturated rings. The van der Waals surface area contributed by atoms with Gasteiger partial charge < -0.3 is 9.30 Å². The summed E-state index contributed by atoms with van der Waals surface area (Å²) < 4.78 is 7.91. The first-order valence-electron chi connectivity index (χ1n) is 9.73. The monoisotopic (exact) mass is 338 g/mol. The van der Waals surface area contributed by atoms with Crippen LogP contribution in [-0.2, 0) is 22.5 Å². The largest absolute Gasteiger partial charge is 0.466 e. The first kappa shape index (κ1) is 15.4. The van der Waals surface area contributed by atoms with Crippen molar-refractivity contribution in [2.75, 3.05) is 19.7 Å². The highest BCUT2D eigenvalue weighted by Crippen LogP contribution is 2.57. The standard InChI is InChI=1S/C21H26N2O2/c1-2-25-18(24)14-21-9-5-11-22-12-8-16-15-6-3-4-7-17(15)23(13-10-21)19(16)20(21)22/h3-4,6-7,20H,2,5,8-14H2,1H3/t20-,21-/m1/s1. The van der Waals surface area contributed by atoms with Gasteiger partial charge in [0.25, 0.3) is 0 Å². The molecule has 1 aromatic heterocycles. The van der Waals surface area contributed by atoms with E-state index in [2.05, 4.69) is 33.7 Å². The minimum atomic E-state index is -0.0129. The molecule has 1 saturated heterocycles. The molecule has 4 nitrogen and oxygen atoms in total. The summed E-state index contributed by atoms with van der Waals surface area (Å²) in [4.78, 5) is 15.1. The van der Waals surface area contributed by atoms with E-state index in [0.29, 0.717) is 19.1 Å². The van der Waals surface area contributed by atoms with Crippen molar-refractivity contribution in [1.82, 2.24) is 9.47 Å². The zero-order valence-corrected chi connectivity index (χ0v) is 15.0. The topological polar surface area (TPSA) is 34.5 Å². The molecular weight excluding hydrogens is 312 g/mol. The number of esters is 1. The van der Waals surface area contributed by atoms with Gasteiger partial charge in [-0.05, 0) is 50.8 Å². The fourth-order valence-corrected chi connectivity index (χ4v) is 5.83. The van der Waals surface area contributed by atoms with Crippen LogP contribution in [0.25, 0.3) is 10.9 Å². The Balaban J connectivity index is 1.66. The van der Waals surface area contributed by atoms with E-state index in [1.54, 1.807) is 0 Å². The number of carbonyl (C=O) groups is 1. The summed E-state index contributed by atoms with van der Waals surface area (Å²) in [6, 6.07) is 9.23. The van der Waals surface area contributed by atoms with Gasteiger partial charge in [-0.15, -0.1) is 0 Å². The van der Waals surface area contributed by atoms with Crippen LogP contribution in [0.5, 0.6) is 0 Å². The maximum atomic E-state index is 12.4. The molecule has 0 bridgehead atoms. The molecule has 0 radical (unpaired) electrons. The molecule has 4 heterocycles. The molecular formula is C21H26N2O2. The summed E-state index contributed by atoms with van der Waals surface area (Å²) in [5.41, 5.74) is 4.48. The van der Waals surface area contributed by atoms with Crippen LogP contribution >= 0.6 is 0 Å². The van der Waals surface area contributed by atoms with Gasteiger partial charge in [-0.25, -0.2) is 0 Å². The number of hydrogen-bond acceptors (Lipinski definition) is 3. The first-order valence-corrected chi connectivity index (χ1v) is 9.73. The summed E-state index contributed by atoms with van der Waals surface area (Å²) in [7, 11) is 0. The Kier molecular flexibility index (Phi) is 3.46. The molecule has 2 atom stereocenters. The van der Waals surface area contributed by atoms with E-state index >= 15 is 0 Å². The second kappa shape index (κ2) is 5.60. The van der Waals surface area contributed by atoms with Crippen molar-refractivity contribution in [2.45, 2.75) is 51.6 Å². The van der Waals surface area contributed by atoms with Crippen LogP contribution in [0, 0.1) is 5.41 Å². The smallest absolute Gasteiger partial charge is 0.306 e. The number of hydrogen-bond donors (Lipinski definition) is 0. The van der Waals surface area contributed by atoms with Crippen molar-refractivity contribution in [3.63, 3.8) is 0 Å². The number of benzene rings is 1. The highest BCUT2D eigenvalue weighted by Gasteiger charge is 2.52. The van der Waals surface area contributed by atoms with E-state index in [9.17, 15) is 4.79 Å². The van der Waals surface area contributed by atoms with Crippen molar-refractivity contribution < 1.29 is 9.53 Å². The summed E-state index contributed by atoms with van der Waals surface area (Å²) in [6.07, 6.45) is 5.13. The van der Waals surface area contributed by atoms with Gasteiger partial charge >= 0.3 is 5.97 Å². The van der Waals surface area contributed by atoms with Crippen LogP contribution in [0.2, 0.25) is 0 Å².